The van der Waals surface area contributed by atoms with Crippen LogP contribution < -0.4 is 0 Å². The Bertz CT molecular complexity index is 787. The number of aryl methyl sites for hydroxylation is 2. The minimum atomic E-state index is -0.454. The lowest BCUT2D eigenvalue weighted by atomic mass is 10.0. The molecule has 2 fully saturated rings. The Labute approximate surface area is 141 Å². The number of benzene rings is 1. The molecule has 2 aliphatic rings. The van der Waals surface area contributed by atoms with Crippen molar-refractivity contribution in [2.75, 3.05) is 26.3 Å². The van der Waals surface area contributed by atoms with E-state index in [0.717, 1.165) is 29.4 Å². The van der Waals surface area contributed by atoms with Gasteiger partial charge in [0.15, 0.2) is 5.79 Å². The van der Waals surface area contributed by atoms with Crippen molar-refractivity contribution in [3.63, 3.8) is 0 Å². The molecular weight excluding hydrogens is 304 g/mol. The van der Waals surface area contributed by atoms with Gasteiger partial charge >= 0.3 is 0 Å². The summed E-state index contributed by atoms with van der Waals surface area (Å²) in [5.41, 5.74) is 3.57. The van der Waals surface area contributed by atoms with Gasteiger partial charge < -0.3 is 14.4 Å². The maximum atomic E-state index is 13.0. The van der Waals surface area contributed by atoms with Gasteiger partial charge in [-0.2, -0.15) is 0 Å². The van der Waals surface area contributed by atoms with Crippen molar-refractivity contribution in [2.45, 2.75) is 32.5 Å². The fourth-order valence-electron chi connectivity index (χ4n) is 3.62. The van der Waals surface area contributed by atoms with Gasteiger partial charge in [-0.3, -0.25) is 9.78 Å². The van der Waals surface area contributed by atoms with Crippen molar-refractivity contribution in [3.8, 4) is 0 Å². The number of rotatable bonds is 1. The van der Waals surface area contributed by atoms with Crippen LogP contribution in [0.4, 0.5) is 0 Å². The summed E-state index contributed by atoms with van der Waals surface area (Å²) in [6, 6.07) is 8.09. The number of hydrogen-bond acceptors (Lipinski definition) is 4. The number of likely N-dealkylation sites (tertiary alicyclic amines) is 1. The van der Waals surface area contributed by atoms with E-state index >= 15 is 0 Å². The molecule has 0 atom stereocenters. The molecule has 0 radical (unpaired) electrons. The summed E-state index contributed by atoms with van der Waals surface area (Å²) in [6.07, 6.45) is 1.47. The normalized spacial score (nSPS) is 20.0. The molecule has 1 amide bonds. The van der Waals surface area contributed by atoms with Crippen molar-refractivity contribution in [1.29, 1.82) is 0 Å². The Hall–Kier alpha value is -1.98. The Balaban J connectivity index is 1.58. The van der Waals surface area contributed by atoms with Gasteiger partial charge in [0.2, 0.25) is 0 Å². The molecule has 24 heavy (non-hydrogen) atoms. The molecule has 1 aromatic heterocycles. The highest BCUT2D eigenvalue weighted by molar-refractivity contribution is 5.98. The van der Waals surface area contributed by atoms with Crippen LogP contribution in [0.2, 0.25) is 0 Å². The summed E-state index contributed by atoms with van der Waals surface area (Å²) in [5.74, 6) is -0.402. The molecule has 1 spiro atoms. The van der Waals surface area contributed by atoms with Gasteiger partial charge in [-0.1, -0.05) is 11.6 Å². The number of piperidine rings is 1. The maximum Gasteiger partial charge on any atom is 0.255 e. The summed E-state index contributed by atoms with van der Waals surface area (Å²) >= 11 is 0. The highest BCUT2D eigenvalue weighted by Crippen LogP contribution is 2.32. The van der Waals surface area contributed by atoms with E-state index < -0.39 is 5.79 Å². The van der Waals surface area contributed by atoms with Crippen LogP contribution in [-0.2, 0) is 9.47 Å². The lowest BCUT2D eigenvalue weighted by Gasteiger charge is -2.37. The standard InChI is InChI=1S/C19H22N2O3/c1-13-3-4-17-15(11-13)12-16(14(2)20-17)18(22)21-7-5-19(6-8-21)23-9-10-24-19/h3-4,11-12H,5-10H2,1-2H3. The number of pyridine rings is 1. The summed E-state index contributed by atoms with van der Waals surface area (Å²) in [7, 11) is 0. The van der Waals surface area contributed by atoms with Gasteiger partial charge in [0, 0.05) is 31.3 Å². The first-order valence-corrected chi connectivity index (χ1v) is 8.52. The predicted molar refractivity (Wildman–Crippen MR) is 91.0 cm³/mol. The van der Waals surface area contributed by atoms with E-state index in [0.29, 0.717) is 31.9 Å². The fraction of sp³-hybridized carbons (Fsp3) is 0.474. The minimum absolute atomic E-state index is 0.0521. The Morgan fingerprint density at radius 1 is 1.12 bits per heavy atom. The van der Waals surface area contributed by atoms with E-state index in [4.69, 9.17) is 9.47 Å². The zero-order valence-corrected chi connectivity index (χ0v) is 14.2. The zero-order valence-electron chi connectivity index (χ0n) is 14.2. The number of carbonyl (C=O) groups is 1. The fourth-order valence-corrected chi connectivity index (χ4v) is 3.62. The summed E-state index contributed by atoms with van der Waals surface area (Å²) in [6.45, 7) is 6.57. The van der Waals surface area contributed by atoms with Crippen molar-refractivity contribution in [1.82, 2.24) is 9.88 Å². The monoisotopic (exact) mass is 326 g/mol. The zero-order chi connectivity index (χ0) is 16.7. The average Bonchev–Trinajstić information content (AvgIpc) is 3.03. The number of aromatic nitrogens is 1. The first-order valence-electron chi connectivity index (χ1n) is 8.52. The molecule has 126 valence electrons. The third-order valence-corrected chi connectivity index (χ3v) is 5.02. The van der Waals surface area contributed by atoms with E-state index in [-0.39, 0.29) is 5.91 Å². The van der Waals surface area contributed by atoms with Crippen LogP contribution in [-0.4, -0.2) is 47.9 Å². The number of nitrogens with zero attached hydrogens (tertiary/aromatic N) is 2. The molecule has 5 heteroatoms. The number of fused-ring (bicyclic) bond motifs is 1. The molecule has 2 aromatic rings. The highest BCUT2D eigenvalue weighted by Gasteiger charge is 2.41. The van der Waals surface area contributed by atoms with Gasteiger partial charge in [-0.25, -0.2) is 0 Å². The molecule has 2 saturated heterocycles. The van der Waals surface area contributed by atoms with E-state index in [2.05, 4.69) is 11.1 Å². The van der Waals surface area contributed by atoms with Crippen molar-refractivity contribution < 1.29 is 14.3 Å². The molecule has 3 heterocycles. The molecule has 4 rings (SSSR count). The lowest BCUT2D eigenvalue weighted by molar-refractivity contribution is -0.181. The van der Waals surface area contributed by atoms with Crippen molar-refractivity contribution in [3.05, 3.63) is 41.1 Å². The van der Waals surface area contributed by atoms with Gasteiger partial charge in [0.25, 0.3) is 5.91 Å². The molecule has 2 aliphatic heterocycles. The Morgan fingerprint density at radius 2 is 1.83 bits per heavy atom. The van der Waals surface area contributed by atoms with E-state index in [1.807, 2.05) is 36.9 Å². The molecule has 0 N–H and O–H groups in total. The quantitative estimate of drug-likeness (QED) is 0.808. The Kier molecular flexibility index (Phi) is 3.77. The molecule has 5 nitrogen and oxygen atoms in total. The second kappa shape index (κ2) is 5.83. The number of carbonyl (C=O) groups excluding carboxylic acids is 1. The van der Waals surface area contributed by atoms with Crippen molar-refractivity contribution in [2.24, 2.45) is 0 Å². The van der Waals surface area contributed by atoms with Gasteiger partial charge in [0.05, 0.1) is 30.0 Å². The van der Waals surface area contributed by atoms with E-state index in [1.165, 1.54) is 5.56 Å². The molecular formula is C19H22N2O3. The predicted octanol–water partition coefficient (Wildman–Crippen LogP) is 2.83. The van der Waals surface area contributed by atoms with Gasteiger partial charge in [-0.05, 0) is 32.0 Å². The molecule has 0 saturated carbocycles. The van der Waals surface area contributed by atoms with Crippen LogP contribution in [0.5, 0.6) is 0 Å². The van der Waals surface area contributed by atoms with Gasteiger partial charge in [-0.15, -0.1) is 0 Å². The molecule has 0 unspecified atom stereocenters. The maximum absolute atomic E-state index is 13.0. The third kappa shape index (κ3) is 2.68. The van der Waals surface area contributed by atoms with E-state index in [1.54, 1.807) is 0 Å². The first kappa shape index (κ1) is 15.5. The van der Waals surface area contributed by atoms with Crippen LogP contribution >= 0.6 is 0 Å². The highest BCUT2D eigenvalue weighted by atomic mass is 16.7. The third-order valence-electron chi connectivity index (χ3n) is 5.02. The van der Waals surface area contributed by atoms with Crippen LogP contribution in [0, 0.1) is 13.8 Å². The topological polar surface area (TPSA) is 51.7 Å². The second-order valence-corrected chi connectivity index (χ2v) is 6.72. The molecule has 1 aromatic carbocycles. The average molecular weight is 326 g/mol. The smallest absolute Gasteiger partial charge is 0.255 e. The SMILES string of the molecule is Cc1ccc2nc(C)c(C(=O)N3CCC4(CC3)OCCO4)cc2c1. The van der Waals surface area contributed by atoms with Gasteiger partial charge in [0.1, 0.15) is 0 Å². The van der Waals surface area contributed by atoms with Crippen LogP contribution in [0.3, 0.4) is 0 Å². The first-order chi connectivity index (χ1) is 11.6. The largest absolute Gasteiger partial charge is 0.347 e. The lowest BCUT2D eigenvalue weighted by Crippen LogP contribution is -2.47. The van der Waals surface area contributed by atoms with Crippen LogP contribution in [0.15, 0.2) is 24.3 Å². The summed E-state index contributed by atoms with van der Waals surface area (Å²) in [5, 5.41) is 1.01. The van der Waals surface area contributed by atoms with E-state index in [9.17, 15) is 4.79 Å². The molecule has 0 aliphatic carbocycles. The van der Waals surface area contributed by atoms with Crippen LogP contribution in [0.1, 0.15) is 34.5 Å². The summed E-state index contributed by atoms with van der Waals surface area (Å²) in [4.78, 5) is 19.5. The number of ether oxygens (including phenoxy) is 2. The van der Waals surface area contributed by atoms with Crippen molar-refractivity contribution >= 4 is 16.8 Å². The minimum Gasteiger partial charge on any atom is -0.347 e. The van der Waals surface area contributed by atoms with Crippen LogP contribution in [0.25, 0.3) is 10.9 Å². The summed E-state index contributed by atoms with van der Waals surface area (Å²) < 4.78 is 11.5. The number of hydrogen-bond donors (Lipinski definition) is 0. The number of amides is 1. The molecule has 0 bridgehead atoms. The Morgan fingerprint density at radius 3 is 2.54 bits per heavy atom. The second-order valence-electron chi connectivity index (χ2n) is 6.72.